The number of rotatable bonds is 1. The minimum atomic E-state index is -1.10. The summed E-state index contributed by atoms with van der Waals surface area (Å²) < 4.78 is 20.0. The lowest BCUT2D eigenvalue weighted by Crippen LogP contribution is -2.62. The van der Waals surface area contributed by atoms with Crippen molar-refractivity contribution in [1.82, 2.24) is 9.55 Å². The Balaban J connectivity index is 1.99. The Morgan fingerprint density at radius 2 is 2.50 bits per heavy atom. The number of H-pyrrole nitrogens is 1. The van der Waals surface area contributed by atoms with E-state index >= 15 is 0 Å². The minimum Gasteiger partial charge on any atom is -0.390 e. The van der Waals surface area contributed by atoms with E-state index in [0.29, 0.717) is 6.42 Å². The predicted molar refractivity (Wildman–Crippen MR) is 60.2 cm³/mol. The molecule has 1 aromatic rings. The molecule has 2 N–H and O–H groups in total. The minimum absolute atomic E-state index is 0.136. The van der Waals surface area contributed by atoms with Crippen molar-refractivity contribution in [2.45, 2.75) is 37.4 Å². The van der Waals surface area contributed by atoms with Gasteiger partial charge in [-0.25, -0.2) is 4.79 Å². The van der Waals surface area contributed by atoms with Crippen molar-refractivity contribution in [2.75, 3.05) is 6.61 Å². The molecule has 4 heterocycles. The van der Waals surface area contributed by atoms with Gasteiger partial charge in [-0.3, -0.25) is 14.3 Å². The van der Waals surface area contributed by atoms with E-state index in [-0.39, 0.29) is 13.5 Å². The highest BCUT2D eigenvalue weighted by atomic mass is 16.6. The van der Waals surface area contributed by atoms with Gasteiger partial charge in [-0.1, -0.05) is 0 Å². The first-order chi connectivity index (χ1) is 9.05. The molecule has 0 spiro atoms. The number of aromatic amines is 1. The first-order valence-corrected chi connectivity index (χ1v) is 5.64. The second-order valence-corrected chi connectivity index (χ2v) is 4.69. The molecule has 3 fully saturated rings. The molecule has 0 radical (unpaired) electrons. The van der Waals surface area contributed by atoms with Crippen molar-refractivity contribution in [3.05, 3.63) is 33.1 Å². The zero-order valence-electron chi connectivity index (χ0n) is 10.5. The molecule has 0 unspecified atom stereocenters. The van der Waals surface area contributed by atoms with Crippen LogP contribution in [0.15, 0.2) is 21.9 Å². The molecule has 1 aromatic heterocycles. The molecule has 3 aliphatic rings. The molecule has 7 nitrogen and oxygen atoms in total. The van der Waals surface area contributed by atoms with Gasteiger partial charge in [0.2, 0.25) is 0 Å². The average Bonchev–Trinajstić information content (AvgIpc) is 2.40. The molecule has 18 heavy (non-hydrogen) atoms. The number of aliphatic hydroxyl groups is 1. The molecule has 7 heteroatoms. The number of fused-ring (bicyclic) bond motifs is 3. The second-order valence-electron chi connectivity index (χ2n) is 4.69. The average molecular weight is 255 g/mol. The fourth-order valence-electron chi connectivity index (χ4n) is 2.34. The Morgan fingerprint density at radius 1 is 1.67 bits per heavy atom. The third-order valence-corrected chi connectivity index (χ3v) is 3.40. The summed E-state index contributed by atoms with van der Waals surface area (Å²) in [5, 5.41) is 9.96. The highest BCUT2D eigenvalue weighted by molar-refractivity contribution is 4.99. The van der Waals surface area contributed by atoms with Gasteiger partial charge in [0.05, 0.1) is 12.7 Å². The molecule has 2 bridgehead atoms. The molecule has 0 aliphatic carbocycles. The number of aromatic nitrogens is 2. The maximum atomic E-state index is 11.8. The van der Waals surface area contributed by atoms with Crippen LogP contribution in [0.5, 0.6) is 0 Å². The molecular weight excluding hydrogens is 240 g/mol. The SMILES string of the molecule is [2H]C[C@]12CO[C@H](C[C@@H]1O)[C@H](n1ccc(=O)[nH]c1=O)O2. The number of ether oxygens (including phenoxy) is 2. The van der Waals surface area contributed by atoms with Crippen LogP contribution in [-0.4, -0.2) is 39.1 Å². The maximum absolute atomic E-state index is 11.8. The van der Waals surface area contributed by atoms with Crippen LogP contribution in [0.2, 0.25) is 0 Å². The van der Waals surface area contributed by atoms with Crippen molar-refractivity contribution >= 4 is 0 Å². The normalized spacial score (nSPS) is 39.6. The number of hydrogen-bond donors (Lipinski definition) is 2. The molecule has 0 amide bonds. The standard InChI is InChI=1S/C11H14N2O5/c1-11-5-17-6(4-7(11)14)9(18-11)13-3-2-8(15)12-10(13)16/h2-3,6-7,9,14H,4-5H2,1H3,(H,12,15,16)/t6-,7+,9-,11+/m1/s1/i1D. The maximum Gasteiger partial charge on any atom is 0.330 e. The summed E-state index contributed by atoms with van der Waals surface area (Å²) in [7, 11) is 0. The monoisotopic (exact) mass is 255 g/mol. The summed E-state index contributed by atoms with van der Waals surface area (Å²) in [6.07, 6.45) is -0.341. The highest BCUT2D eigenvalue weighted by Crippen LogP contribution is 2.40. The largest absolute Gasteiger partial charge is 0.390 e. The third-order valence-electron chi connectivity index (χ3n) is 3.40. The summed E-state index contributed by atoms with van der Waals surface area (Å²) in [6, 6.07) is 1.22. The molecular formula is C11H14N2O5. The van der Waals surface area contributed by atoms with Crippen LogP contribution in [0, 0.1) is 0 Å². The number of hydrogen-bond acceptors (Lipinski definition) is 5. The van der Waals surface area contributed by atoms with E-state index in [2.05, 4.69) is 4.98 Å². The highest BCUT2D eigenvalue weighted by Gasteiger charge is 2.52. The van der Waals surface area contributed by atoms with Crippen molar-refractivity contribution < 1.29 is 16.0 Å². The van der Waals surface area contributed by atoms with Crippen LogP contribution in [0.1, 0.15) is 20.9 Å². The van der Waals surface area contributed by atoms with E-state index < -0.39 is 35.3 Å². The van der Waals surface area contributed by atoms with Gasteiger partial charge in [-0.05, 0) is 6.90 Å². The first kappa shape index (κ1) is 10.5. The quantitative estimate of drug-likeness (QED) is 0.669. The molecule has 98 valence electrons. The molecule has 3 aliphatic heterocycles. The Kier molecular flexibility index (Phi) is 2.20. The number of aliphatic hydroxyl groups excluding tert-OH is 1. The van der Waals surface area contributed by atoms with Gasteiger partial charge in [0.25, 0.3) is 5.56 Å². The summed E-state index contributed by atoms with van der Waals surface area (Å²) in [5.74, 6) is 0. The Morgan fingerprint density at radius 3 is 3.17 bits per heavy atom. The van der Waals surface area contributed by atoms with Gasteiger partial charge < -0.3 is 14.6 Å². The fourth-order valence-corrected chi connectivity index (χ4v) is 2.34. The van der Waals surface area contributed by atoms with Gasteiger partial charge in [0.15, 0.2) is 6.23 Å². The number of nitrogens with one attached hydrogen (secondary N) is 1. The van der Waals surface area contributed by atoms with E-state index in [1.807, 2.05) is 0 Å². The van der Waals surface area contributed by atoms with Crippen LogP contribution >= 0.6 is 0 Å². The van der Waals surface area contributed by atoms with Gasteiger partial charge in [-0.15, -0.1) is 0 Å². The smallest absolute Gasteiger partial charge is 0.330 e. The van der Waals surface area contributed by atoms with Gasteiger partial charge in [0.1, 0.15) is 11.7 Å². The third kappa shape index (κ3) is 1.63. The Bertz CT molecular complexity index is 599. The second kappa shape index (κ2) is 3.78. The molecule has 4 rings (SSSR count). The van der Waals surface area contributed by atoms with Crippen LogP contribution < -0.4 is 11.2 Å². The fraction of sp³-hybridized carbons (Fsp3) is 0.636. The lowest BCUT2D eigenvalue weighted by molar-refractivity contribution is -0.322. The molecule has 0 saturated carbocycles. The lowest BCUT2D eigenvalue weighted by atomic mass is 9.87. The van der Waals surface area contributed by atoms with Gasteiger partial charge in [-0.2, -0.15) is 0 Å². The van der Waals surface area contributed by atoms with Crippen LogP contribution in [-0.2, 0) is 9.47 Å². The van der Waals surface area contributed by atoms with Crippen LogP contribution in [0.3, 0.4) is 0 Å². The van der Waals surface area contributed by atoms with Crippen LogP contribution in [0.25, 0.3) is 0 Å². The summed E-state index contributed by atoms with van der Waals surface area (Å²) >= 11 is 0. The number of nitrogens with zero attached hydrogens (tertiary/aromatic N) is 1. The Hall–Kier alpha value is -1.44. The zero-order valence-corrected chi connectivity index (χ0v) is 9.54. The lowest BCUT2D eigenvalue weighted by Gasteiger charge is -2.51. The van der Waals surface area contributed by atoms with E-state index in [4.69, 9.17) is 10.8 Å². The Labute approximate surface area is 103 Å². The van der Waals surface area contributed by atoms with E-state index in [1.165, 1.54) is 16.8 Å². The van der Waals surface area contributed by atoms with Gasteiger partial charge >= 0.3 is 5.69 Å². The predicted octanol–water partition coefficient (Wildman–Crippen LogP) is -1.03. The van der Waals surface area contributed by atoms with Crippen LogP contribution in [0.4, 0.5) is 0 Å². The van der Waals surface area contributed by atoms with E-state index in [0.717, 1.165) is 0 Å². The van der Waals surface area contributed by atoms with E-state index in [1.54, 1.807) is 0 Å². The van der Waals surface area contributed by atoms with Crippen molar-refractivity contribution in [3.8, 4) is 0 Å². The van der Waals surface area contributed by atoms with Crippen molar-refractivity contribution in [2.24, 2.45) is 0 Å². The topological polar surface area (TPSA) is 93.5 Å². The van der Waals surface area contributed by atoms with Crippen molar-refractivity contribution in [3.63, 3.8) is 0 Å². The zero-order chi connectivity index (χ0) is 13.6. The summed E-state index contributed by atoms with van der Waals surface area (Å²) in [6.45, 7) is -0.0214. The van der Waals surface area contributed by atoms with E-state index in [9.17, 15) is 14.7 Å². The van der Waals surface area contributed by atoms with Gasteiger partial charge in [0, 0.05) is 20.1 Å². The molecule has 3 saturated heterocycles. The summed E-state index contributed by atoms with van der Waals surface area (Å²) in [5.41, 5.74) is -2.18. The molecule has 4 atom stereocenters. The summed E-state index contributed by atoms with van der Waals surface area (Å²) in [4.78, 5) is 24.9. The first-order valence-electron chi connectivity index (χ1n) is 6.35. The molecule has 0 aromatic carbocycles. The van der Waals surface area contributed by atoms with Crippen molar-refractivity contribution in [1.29, 1.82) is 0 Å².